The van der Waals surface area contributed by atoms with Crippen LogP contribution in [0, 0.1) is 0 Å². The van der Waals surface area contributed by atoms with Crippen LogP contribution in [0.25, 0.3) is 0 Å². The van der Waals surface area contributed by atoms with Crippen LogP contribution in [0.1, 0.15) is 20.8 Å². The van der Waals surface area contributed by atoms with E-state index < -0.39 is 11.8 Å². The van der Waals surface area contributed by atoms with Crippen molar-refractivity contribution >= 4 is 6.09 Å². The Hall–Kier alpha value is -0.850. The smallest absolute Gasteiger partial charge is 0.410 e. The molecule has 1 atom stereocenters. The van der Waals surface area contributed by atoms with E-state index in [1.54, 1.807) is 4.90 Å². The van der Waals surface area contributed by atoms with Gasteiger partial charge in [0, 0.05) is 32.7 Å². The number of hydrogen-bond donors (Lipinski definition) is 2. The first kappa shape index (κ1) is 14.2. The zero-order valence-electron chi connectivity index (χ0n) is 10.8. The van der Waals surface area contributed by atoms with Gasteiger partial charge in [-0.25, -0.2) is 4.79 Å². The molecule has 1 rings (SSSR count). The van der Waals surface area contributed by atoms with E-state index in [1.165, 1.54) is 0 Å². The van der Waals surface area contributed by atoms with E-state index in [2.05, 4.69) is 0 Å². The van der Waals surface area contributed by atoms with Crippen LogP contribution in [-0.2, 0) is 4.74 Å². The van der Waals surface area contributed by atoms with Gasteiger partial charge in [0.15, 0.2) is 0 Å². The molecule has 6 heteroatoms. The first-order valence-corrected chi connectivity index (χ1v) is 5.92. The summed E-state index contributed by atoms with van der Waals surface area (Å²) in [7, 11) is 0. The van der Waals surface area contributed by atoms with Gasteiger partial charge in [-0.3, -0.25) is 4.90 Å². The molecular weight excluding hydrogens is 222 g/mol. The van der Waals surface area contributed by atoms with Crippen LogP contribution < -0.4 is 5.73 Å². The largest absolute Gasteiger partial charge is 0.444 e. The summed E-state index contributed by atoms with van der Waals surface area (Å²) >= 11 is 0. The molecule has 0 radical (unpaired) electrons. The molecule has 1 aliphatic rings. The van der Waals surface area contributed by atoms with E-state index in [0.717, 1.165) is 0 Å². The molecule has 1 amide bonds. The van der Waals surface area contributed by atoms with Crippen molar-refractivity contribution in [2.45, 2.75) is 32.6 Å². The Morgan fingerprint density at radius 3 is 2.29 bits per heavy atom. The molecular formula is C11H23N3O3. The number of carbonyl (C=O) groups excluding carboxylic acids is 1. The highest BCUT2D eigenvalue weighted by atomic mass is 16.6. The molecule has 17 heavy (non-hydrogen) atoms. The molecule has 1 saturated heterocycles. The fourth-order valence-electron chi connectivity index (χ4n) is 1.70. The van der Waals surface area contributed by atoms with Crippen LogP contribution in [0.5, 0.6) is 0 Å². The molecule has 1 unspecified atom stereocenters. The second kappa shape index (κ2) is 5.66. The number of piperazine rings is 1. The van der Waals surface area contributed by atoms with E-state index in [-0.39, 0.29) is 6.09 Å². The van der Waals surface area contributed by atoms with Gasteiger partial charge in [0.05, 0.1) is 0 Å². The highest BCUT2D eigenvalue weighted by Crippen LogP contribution is 2.11. The first-order chi connectivity index (χ1) is 7.78. The molecule has 1 aliphatic heterocycles. The van der Waals surface area contributed by atoms with Crippen LogP contribution in [0.4, 0.5) is 4.79 Å². The average molecular weight is 245 g/mol. The van der Waals surface area contributed by atoms with Gasteiger partial charge in [-0.2, -0.15) is 0 Å². The van der Waals surface area contributed by atoms with Crippen LogP contribution >= 0.6 is 0 Å². The average Bonchev–Trinajstić information content (AvgIpc) is 2.15. The standard InChI is InChI=1S/C11H23N3O3/c1-11(2,3)17-10(16)14-6-4-13(5-7-14)8-9(12)15/h9,15H,4-8,12H2,1-3H3. The molecule has 100 valence electrons. The van der Waals surface area contributed by atoms with Gasteiger partial charge in [-0.15, -0.1) is 0 Å². The van der Waals surface area contributed by atoms with Gasteiger partial charge >= 0.3 is 6.09 Å². The van der Waals surface area contributed by atoms with Crippen LogP contribution in [0.15, 0.2) is 0 Å². The minimum absolute atomic E-state index is 0.273. The maximum absolute atomic E-state index is 11.8. The summed E-state index contributed by atoms with van der Waals surface area (Å²) < 4.78 is 5.29. The minimum atomic E-state index is -0.817. The summed E-state index contributed by atoms with van der Waals surface area (Å²) in [5.41, 5.74) is 4.85. The molecule has 1 fully saturated rings. The number of aliphatic hydroxyl groups excluding tert-OH is 1. The van der Waals surface area contributed by atoms with Crippen LogP contribution in [0.3, 0.4) is 0 Å². The van der Waals surface area contributed by atoms with Crippen molar-refractivity contribution in [1.82, 2.24) is 9.80 Å². The Morgan fingerprint density at radius 1 is 1.35 bits per heavy atom. The molecule has 0 aromatic heterocycles. The second-order valence-corrected chi connectivity index (χ2v) is 5.34. The lowest BCUT2D eigenvalue weighted by Crippen LogP contribution is -2.52. The number of carbonyl (C=O) groups is 1. The van der Waals surface area contributed by atoms with Crippen LogP contribution in [0.2, 0.25) is 0 Å². The van der Waals surface area contributed by atoms with Crippen molar-refractivity contribution in [3.8, 4) is 0 Å². The van der Waals surface area contributed by atoms with E-state index in [4.69, 9.17) is 15.6 Å². The zero-order valence-corrected chi connectivity index (χ0v) is 10.8. The van der Waals surface area contributed by atoms with E-state index >= 15 is 0 Å². The number of β-amino-alcohol motifs (C(OH)–C–C–N with tert-alkyl or cyclic N) is 1. The number of rotatable bonds is 2. The first-order valence-electron chi connectivity index (χ1n) is 5.92. The molecule has 0 bridgehead atoms. The van der Waals surface area contributed by atoms with Crippen molar-refractivity contribution < 1.29 is 14.6 Å². The minimum Gasteiger partial charge on any atom is -0.444 e. The lowest BCUT2D eigenvalue weighted by molar-refractivity contribution is 0.0106. The third-order valence-electron chi connectivity index (χ3n) is 2.47. The maximum atomic E-state index is 11.8. The number of ether oxygens (including phenoxy) is 1. The number of nitrogens with two attached hydrogens (primary N) is 1. The molecule has 0 aliphatic carbocycles. The van der Waals surface area contributed by atoms with Crippen molar-refractivity contribution in [3.63, 3.8) is 0 Å². The van der Waals surface area contributed by atoms with E-state index in [0.29, 0.717) is 32.7 Å². The Morgan fingerprint density at radius 2 is 1.88 bits per heavy atom. The quantitative estimate of drug-likeness (QED) is 0.660. The third kappa shape index (κ3) is 5.34. The van der Waals surface area contributed by atoms with Gasteiger partial charge in [-0.1, -0.05) is 0 Å². The van der Waals surface area contributed by atoms with Crippen molar-refractivity contribution in [2.75, 3.05) is 32.7 Å². The summed E-state index contributed by atoms with van der Waals surface area (Å²) in [5, 5.41) is 9.06. The predicted molar refractivity (Wildman–Crippen MR) is 64.4 cm³/mol. The Kier molecular flexibility index (Phi) is 4.73. The zero-order chi connectivity index (χ0) is 13.1. The van der Waals surface area contributed by atoms with Crippen molar-refractivity contribution in [2.24, 2.45) is 5.73 Å². The Balaban J connectivity index is 2.34. The second-order valence-electron chi connectivity index (χ2n) is 5.34. The summed E-state index contributed by atoms with van der Waals surface area (Å²) in [6.07, 6.45) is -1.09. The van der Waals surface area contributed by atoms with Crippen LogP contribution in [-0.4, -0.2) is 65.6 Å². The van der Waals surface area contributed by atoms with E-state index in [1.807, 2.05) is 25.7 Å². The van der Waals surface area contributed by atoms with Gasteiger partial charge in [0.1, 0.15) is 11.8 Å². The topological polar surface area (TPSA) is 79.0 Å². The van der Waals surface area contributed by atoms with Gasteiger partial charge in [0.2, 0.25) is 0 Å². The van der Waals surface area contributed by atoms with Crippen molar-refractivity contribution in [3.05, 3.63) is 0 Å². The normalized spacial score (nSPS) is 20.2. The molecule has 0 aromatic rings. The summed E-state index contributed by atoms with van der Waals surface area (Å²) in [6.45, 7) is 8.66. The molecule has 0 spiro atoms. The Bertz CT molecular complexity index is 255. The molecule has 3 N–H and O–H groups in total. The lowest BCUT2D eigenvalue weighted by atomic mass is 10.2. The molecule has 0 aromatic carbocycles. The monoisotopic (exact) mass is 245 g/mol. The number of nitrogens with zero attached hydrogens (tertiary/aromatic N) is 2. The maximum Gasteiger partial charge on any atom is 0.410 e. The number of hydrogen-bond acceptors (Lipinski definition) is 5. The summed E-state index contributed by atoms with van der Waals surface area (Å²) in [5.74, 6) is 0. The van der Waals surface area contributed by atoms with Gasteiger partial charge in [0.25, 0.3) is 0 Å². The molecule has 0 saturated carbocycles. The van der Waals surface area contributed by atoms with Crippen molar-refractivity contribution in [1.29, 1.82) is 0 Å². The third-order valence-corrected chi connectivity index (χ3v) is 2.47. The SMILES string of the molecule is CC(C)(C)OC(=O)N1CCN(CC(N)O)CC1. The highest BCUT2D eigenvalue weighted by molar-refractivity contribution is 5.68. The molecule has 1 heterocycles. The molecule has 6 nitrogen and oxygen atoms in total. The van der Waals surface area contributed by atoms with Gasteiger partial charge < -0.3 is 20.5 Å². The summed E-state index contributed by atoms with van der Waals surface area (Å²) in [6, 6.07) is 0. The number of aliphatic hydroxyl groups is 1. The highest BCUT2D eigenvalue weighted by Gasteiger charge is 2.25. The Labute approximate surface area is 102 Å². The fourth-order valence-corrected chi connectivity index (χ4v) is 1.70. The fraction of sp³-hybridized carbons (Fsp3) is 0.909. The number of amides is 1. The summed E-state index contributed by atoms with van der Waals surface area (Å²) in [4.78, 5) is 15.5. The van der Waals surface area contributed by atoms with E-state index in [9.17, 15) is 4.79 Å². The van der Waals surface area contributed by atoms with Gasteiger partial charge in [-0.05, 0) is 20.8 Å². The predicted octanol–water partition coefficient (Wildman–Crippen LogP) is -0.184. The lowest BCUT2D eigenvalue weighted by Gasteiger charge is -2.35.